The van der Waals surface area contributed by atoms with Crippen molar-refractivity contribution in [3.63, 3.8) is 0 Å². The highest BCUT2D eigenvalue weighted by Crippen LogP contribution is 2.38. The van der Waals surface area contributed by atoms with Crippen molar-refractivity contribution in [1.82, 2.24) is 20.1 Å². The van der Waals surface area contributed by atoms with E-state index in [1.807, 2.05) is 34.5 Å². The third kappa shape index (κ3) is 6.66. The van der Waals surface area contributed by atoms with E-state index in [0.717, 1.165) is 11.3 Å². The van der Waals surface area contributed by atoms with Crippen LogP contribution in [0.15, 0.2) is 74.8 Å². The number of anilines is 1. The summed E-state index contributed by atoms with van der Waals surface area (Å²) in [6, 6.07) is 10.3. The molecule has 2 amide bonds. The number of amides is 2. The molecule has 2 fully saturated rings. The normalized spacial score (nSPS) is 21.1. The molecule has 0 unspecified atom stereocenters. The van der Waals surface area contributed by atoms with Gasteiger partial charge >= 0.3 is 18.0 Å². The topological polar surface area (TPSA) is 126 Å². The first-order valence-corrected chi connectivity index (χ1v) is 17.7. The summed E-state index contributed by atoms with van der Waals surface area (Å²) in [6.07, 6.45) is 1.68. The van der Waals surface area contributed by atoms with Crippen molar-refractivity contribution in [3.8, 4) is 0 Å². The number of carbonyl (C=O) groups excluding carboxylic acids is 3. The number of nitrogens with one attached hydrogen (secondary N) is 1. The van der Waals surface area contributed by atoms with E-state index in [9.17, 15) is 18.8 Å². The standard InChI is InChI=1S/C35H38BrFN6O6S/c1-35(2,33(45)49-5)20-6-9-22(10-7-20)43-18-26-27(19-47-3)41(13-14-42(26)34(43)46)17-25-28(32(44)48-4)29(23-11-8-21(37)16-24(23)36)40-30(39-25)31-38-12-15-50-31/h6-12,15-16,26-27,29H,13-14,17-19H2,1-5H3,(H,39,40)/t26-,27-,29-/m0/s1. The molecule has 12 nitrogen and oxygen atoms in total. The summed E-state index contributed by atoms with van der Waals surface area (Å²) in [5.41, 5.74) is 2.11. The van der Waals surface area contributed by atoms with E-state index in [2.05, 4.69) is 31.1 Å². The van der Waals surface area contributed by atoms with Gasteiger partial charge in [0.25, 0.3) is 0 Å². The molecule has 1 aromatic heterocycles. The minimum absolute atomic E-state index is 0.111. The zero-order valence-corrected chi connectivity index (χ0v) is 30.7. The number of thiazole rings is 1. The van der Waals surface area contributed by atoms with E-state index in [0.29, 0.717) is 52.8 Å². The van der Waals surface area contributed by atoms with Crippen LogP contribution < -0.4 is 10.2 Å². The zero-order valence-electron chi connectivity index (χ0n) is 28.3. The van der Waals surface area contributed by atoms with Crippen LogP contribution in [0, 0.1) is 5.82 Å². The van der Waals surface area contributed by atoms with Gasteiger partial charge in [-0.3, -0.25) is 19.6 Å². The highest BCUT2D eigenvalue weighted by atomic mass is 79.9. The lowest BCUT2D eigenvalue weighted by atomic mass is 9.84. The van der Waals surface area contributed by atoms with Gasteiger partial charge in [0, 0.05) is 60.7 Å². The smallest absolute Gasteiger partial charge is 0.338 e. The first-order valence-electron chi connectivity index (χ1n) is 16.0. The number of aromatic nitrogens is 1. The van der Waals surface area contributed by atoms with Gasteiger partial charge in [-0.25, -0.2) is 19.0 Å². The van der Waals surface area contributed by atoms with Crippen LogP contribution in [0.4, 0.5) is 14.9 Å². The number of carbonyl (C=O) groups is 3. The molecule has 3 aromatic rings. The molecule has 2 aromatic carbocycles. The van der Waals surface area contributed by atoms with Gasteiger partial charge in [-0.2, -0.15) is 0 Å². The summed E-state index contributed by atoms with van der Waals surface area (Å²) in [7, 11) is 4.31. The number of nitrogens with zero attached hydrogens (tertiary/aromatic N) is 5. The number of esters is 2. The number of hydrogen-bond donors (Lipinski definition) is 1. The summed E-state index contributed by atoms with van der Waals surface area (Å²) >= 11 is 4.88. The summed E-state index contributed by atoms with van der Waals surface area (Å²) in [5, 5.41) is 5.84. The van der Waals surface area contributed by atoms with Crippen LogP contribution in [0.1, 0.15) is 36.0 Å². The van der Waals surface area contributed by atoms with E-state index in [4.69, 9.17) is 19.2 Å². The Morgan fingerprint density at radius 1 is 1.10 bits per heavy atom. The Kier molecular flexibility index (Phi) is 10.4. The lowest BCUT2D eigenvalue weighted by molar-refractivity contribution is -0.146. The molecule has 3 aliphatic rings. The zero-order chi connectivity index (χ0) is 35.7. The van der Waals surface area contributed by atoms with E-state index in [1.165, 1.54) is 37.7 Å². The summed E-state index contributed by atoms with van der Waals surface area (Å²) in [4.78, 5) is 54.9. The number of fused-ring (bicyclic) bond motifs is 1. The fourth-order valence-electron chi connectivity index (χ4n) is 6.80. The molecule has 0 bridgehead atoms. The Bertz CT molecular complexity index is 1830. The lowest BCUT2D eigenvalue weighted by Crippen LogP contribution is -2.61. The van der Waals surface area contributed by atoms with Crippen LogP contribution in [0.25, 0.3) is 0 Å². The second kappa shape index (κ2) is 14.6. The van der Waals surface area contributed by atoms with Crippen molar-refractivity contribution in [2.45, 2.75) is 37.4 Å². The molecule has 3 atom stereocenters. The molecular formula is C35H38BrFN6O6S. The number of methoxy groups -OCH3 is 3. The van der Waals surface area contributed by atoms with Crippen LogP contribution >= 0.6 is 27.3 Å². The third-order valence-electron chi connectivity index (χ3n) is 9.51. The predicted molar refractivity (Wildman–Crippen MR) is 190 cm³/mol. The van der Waals surface area contributed by atoms with E-state index in [1.54, 1.807) is 38.1 Å². The van der Waals surface area contributed by atoms with Gasteiger partial charge in [0.15, 0.2) is 10.8 Å². The van der Waals surface area contributed by atoms with Gasteiger partial charge in [0.1, 0.15) is 11.9 Å². The summed E-state index contributed by atoms with van der Waals surface area (Å²) < 4.78 is 30.6. The van der Waals surface area contributed by atoms with Crippen LogP contribution in [-0.2, 0) is 29.2 Å². The maximum absolute atomic E-state index is 14.2. The Hall–Kier alpha value is -4.18. The van der Waals surface area contributed by atoms with E-state index < -0.39 is 23.2 Å². The number of piperazine rings is 1. The summed E-state index contributed by atoms with van der Waals surface area (Å²) in [6.45, 7) is 5.58. The number of aliphatic imine (C=N–C) groups is 1. The number of rotatable bonds is 10. The average molecular weight is 770 g/mol. The van der Waals surface area contributed by atoms with Gasteiger partial charge in [-0.1, -0.05) is 34.1 Å². The first kappa shape index (κ1) is 35.6. The van der Waals surface area contributed by atoms with Crippen LogP contribution in [0.3, 0.4) is 0 Å². The molecule has 50 heavy (non-hydrogen) atoms. The molecule has 15 heteroatoms. The van der Waals surface area contributed by atoms with E-state index in [-0.39, 0.29) is 36.2 Å². The monoisotopic (exact) mass is 768 g/mol. The lowest BCUT2D eigenvalue weighted by Gasteiger charge is -2.44. The van der Waals surface area contributed by atoms with Crippen molar-refractivity contribution >= 4 is 56.8 Å². The number of ether oxygens (including phenoxy) is 3. The highest BCUT2D eigenvalue weighted by Gasteiger charge is 2.47. The van der Waals surface area contributed by atoms with Gasteiger partial charge in [-0.05, 0) is 49.2 Å². The van der Waals surface area contributed by atoms with Crippen molar-refractivity contribution in [2.75, 3.05) is 59.0 Å². The quantitative estimate of drug-likeness (QED) is 0.294. The molecule has 6 rings (SSSR count). The molecule has 3 aliphatic heterocycles. The number of benzene rings is 2. The molecular weight excluding hydrogens is 731 g/mol. The van der Waals surface area contributed by atoms with Gasteiger partial charge in [0.05, 0.1) is 43.9 Å². The Morgan fingerprint density at radius 3 is 2.50 bits per heavy atom. The number of halogens is 2. The molecule has 0 spiro atoms. The SMILES string of the molecule is COC[C@H]1[C@@H]2CN(c3ccc(C(C)(C)C(=O)OC)cc3)C(=O)N2CCN1CC1=C(C(=O)OC)[C@H](c2ccc(F)cc2Br)N=C(c2nccs2)N1. The molecule has 0 aliphatic carbocycles. The molecule has 0 saturated carbocycles. The second-order valence-electron chi connectivity index (χ2n) is 12.7. The van der Waals surface area contributed by atoms with Crippen molar-refractivity contribution in [2.24, 2.45) is 4.99 Å². The highest BCUT2D eigenvalue weighted by molar-refractivity contribution is 9.10. The number of urea groups is 1. The molecule has 0 radical (unpaired) electrons. The average Bonchev–Trinajstić information content (AvgIpc) is 3.77. The fraction of sp³-hybridized carbons (Fsp3) is 0.400. The largest absolute Gasteiger partial charge is 0.468 e. The number of hydrogen-bond acceptors (Lipinski definition) is 11. The minimum atomic E-state index is -0.843. The van der Waals surface area contributed by atoms with E-state index >= 15 is 0 Å². The Balaban J connectivity index is 1.32. The Morgan fingerprint density at radius 2 is 1.86 bits per heavy atom. The van der Waals surface area contributed by atoms with Gasteiger partial charge in [-0.15, -0.1) is 11.3 Å². The van der Waals surface area contributed by atoms with Gasteiger partial charge in [0.2, 0.25) is 0 Å². The van der Waals surface area contributed by atoms with Crippen LogP contribution in [-0.4, -0.2) is 105 Å². The van der Waals surface area contributed by atoms with Crippen molar-refractivity contribution in [3.05, 3.63) is 91.7 Å². The maximum Gasteiger partial charge on any atom is 0.338 e. The molecule has 4 heterocycles. The first-order chi connectivity index (χ1) is 24.0. The van der Waals surface area contributed by atoms with Crippen LogP contribution in [0.5, 0.6) is 0 Å². The maximum atomic E-state index is 14.2. The molecule has 264 valence electrons. The van der Waals surface area contributed by atoms with Crippen LogP contribution in [0.2, 0.25) is 0 Å². The van der Waals surface area contributed by atoms with Crippen molar-refractivity contribution < 1.29 is 33.0 Å². The third-order valence-corrected chi connectivity index (χ3v) is 11.0. The van der Waals surface area contributed by atoms with Crippen molar-refractivity contribution in [1.29, 1.82) is 0 Å². The second-order valence-corrected chi connectivity index (χ2v) is 14.5. The molecule has 2 saturated heterocycles. The molecule has 1 N–H and O–H groups in total. The number of amidine groups is 1. The Labute approximate surface area is 302 Å². The fourth-order valence-corrected chi connectivity index (χ4v) is 7.95. The summed E-state index contributed by atoms with van der Waals surface area (Å²) in [5.74, 6) is -0.865. The van der Waals surface area contributed by atoms with Gasteiger partial charge < -0.3 is 24.4 Å². The minimum Gasteiger partial charge on any atom is -0.468 e. The predicted octanol–water partition coefficient (Wildman–Crippen LogP) is 4.65.